The molecule has 0 heteroatoms. The van der Waals surface area contributed by atoms with Crippen LogP contribution >= 0.6 is 0 Å². The van der Waals surface area contributed by atoms with Crippen LogP contribution in [0.15, 0.2) is 87.0 Å². The number of allylic oxidation sites excluding steroid dienone is 4. The third-order valence-corrected chi connectivity index (χ3v) is 6.34. The van der Waals surface area contributed by atoms with E-state index in [9.17, 15) is 0 Å². The largest absolute Gasteiger partial charge is 0.103 e. The van der Waals surface area contributed by atoms with Crippen LogP contribution in [-0.2, 0) is 0 Å². The fourth-order valence-corrected chi connectivity index (χ4v) is 4.78. The maximum absolute atomic E-state index is 3.96. The van der Waals surface area contributed by atoms with Crippen LogP contribution in [0, 0.1) is 16.7 Å². The third kappa shape index (κ3) is 9.55. The minimum atomic E-state index is 0.320. The van der Waals surface area contributed by atoms with Crippen molar-refractivity contribution in [2.75, 3.05) is 0 Å². The summed E-state index contributed by atoms with van der Waals surface area (Å²) in [6, 6.07) is 8.06. The average molecular weight is 417 g/mol. The second kappa shape index (κ2) is 12.5. The quantitative estimate of drug-likeness (QED) is 0.428. The Hall–Kier alpha value is -2.34. The maximum Gasteiger partial charge on any atom is -0.0139 e. The number of rotatable bonds is 4. The van der Waals surface area contributed by atoms with Crippen LogP contribution in [0.1, 0.15) is 76.8 Å². The summed E-state index contributed by atoms with van der Waals surface area (Å²) in [4.78, 5) is 0. The molecule has 0 N–H and O–H groups in total. The van der Waals surface area contributed by atoms with Crippen molar-refractivity contribution >= 4 is 12.2 Å². The molecule has 0 amide bonds. The Kier molecular flexibility index (Phi) is 10.8. The summed E-state index contributed by atoms with van der Waals surface area (Å²) in [5.74, 6) is 0.673. The number of hydrogen-bond donors (Lipinski definition) is 0. The first-order valence-electron chi connectivity index (χ1n) is 11.5. The standard InChI is InChI=1S/C13H22.C10H10.C8H12/c1-6-11-8-12(3,4)10-13(5,7-2)9-11;1-3-9-6-5-7-10(4-2)8-9;1-7-5-3-4-6-8(7)2/h6-7,11H,1-2,8-10H2,3-5H3;3-8H,1-2H2;1-6H2. The molecule has 1 aromatic carbocycles. The Morgan fingerprint density at radius 1 is 0.839 bits per heavy atom. The highest BCUT2D eigenvalue weighted by Crippen LogP contribution is 2.49. The minimum Gasteiger partial charge on any atom is -0.103 e. The van der Waals surface area contributed by atoms with E-state index >= 15 is 0 Å². The van der Waals surface area contributed by atoms with Crippen molar-refractivity contribution in [2.24, 2.45) is 16.7 Å². The molecular weight excluding hydrogens is 372 g/mol. The van der Waals surface area contributed by atoms with Crippen LogP contribution in [0.3, 0.4) is 0 Å². The number of hydrogen-bond acceptors (Lipinski definition) is 0. The average Bonchev–Trinajstić information content (AvgIpc) is 2.75. The van der Waals surface area contributed by atoms with E-state index in [-0.39, 0.29) is 0 Å². The van der Waals surface area contributed by atoms with Crippen LogP contribution in [0.4, 0.5) is 0 Å². The molecular formula is C31H44. The van der Waals surface area contributed by atoms with Crippen LogP contribution < -0.4 is 0 Å². The Labute approximate surface area is 192 Å². The fraction of sp³-hybridized carbons (Fsp3) is 0.419. The van der Waals surface area contributed by atoms with E-state index in [1.54, 1.807) is 0 Å². The van der Waals surface area contributed by atoms with Gasteiger partial charge in [0.1, 0.15) is 0 Å². The van der Waals surface area contributed by atoms with Crippen molar-refractivity contribution in [1.29, 1.82) is 0 Å². The molecule has 3 rings (SSSR count). The van der Waals surface area contributed by atoms with Crippen LogP contribution in [-0.4, -0.2) is 0 Å². The Morgan fingerprint density at radius 3 is 1.74 bits per heavy atom. The Bertz CT molecular complexity index is 749. The number of benzene rings is 1. The van der Waals surface area contributed by atoms with Gasteiger partial charge in [0.25, 0.3) is 0 Å². The van der Waals surface area contributed by atoms with Crippen LogP contribution in [0.25, 0.3) is 12.2 Å². The zero-order valence-corrected chi connectivity index (χ0v) is 20.4. The molecule has 2 saturated carbocycles. The van der Waals surface area contributed by atoms with Gasteiger partial charge in [-0.05, 0) is 78.9 Å². The van der Waals surface area contributed by atoms with Gasteiger partial charge < -0.3 is 0 Å². The zero-order valence-electron chi connectivity index (χ0n) is 20.4. The summed E-state index contributed by atoms with van der Waals surface area (Å²) < 4.78 is 0. The van der Waals surface area contributed by atoms with Crippen molar-refractivity contribution in [3.05, 3.63) is 98.2 Å². The van der Waals surface area contributed by atoms with Crippen molar-refractivity contribution < 1.29 is 0 Å². The molecule has 0 aliphatic heterocycles. The first-order valence-corrected chi connectivity index (χ1v) is 11.5. The predicted octanol–water partition coefficient (Wildman–Crippen LogP) is 9.84. The van der Waals surface area contributed by atoms with Gasteiger partial charge in [-0.1, -0.05) is 101 Å². The van der Waals surface area contributed by atoms with Gasteiger partial charge in [-0.25, -0.2) is 0 Å². The maximum atomic E-state index is 3.96. The summed E-state index contributed by atoms with van der Waals surface area (Å²) in [6.45, 7) is 30.0. The molecule has 2 aliphatic rings. The lowest BCUT2D eigenvalue weighted by molar-refractivity contribution is 0.108. The summed E-state index contributed by atoms with van der Waals surface area (Å²) in [7, 11) is 0. The second-order valence-electron chi connectivity index (χ2n) is 10.1. The first kappa shape index (κ1) is 26.7. The SMILES string of the molecule is C=C1CCCCC1=C.C=CC1CC(C)(C)CC(C)(C=C)C1.C=Cc1cccc(C=C)c1. The minimum absolute atomic E-state index is 0.320. The lowest BCUT2D eigenvalue weighted by atomic mass is 9.61. The normalized spacial score (nSPS) is 24.4. The Morgan fingerprint density at radius 2 is 1.35 bits per heavy atom. The highest BCUT2D eigenvalue weighted by molar-refractivity contribution is 5.55. The van der Waals surface area contributed by atoms with Gasteiger partial charge in [0, 0.05) is 0 Å². The fourth-order valence-electron chi connectivity index (χ4n) is 4.78. The highest BCUT2D eigenvalue weighted by Gasteiger charge is 2.38. The molecule has 0 heterocycles. The summed E-state index contributed by atoms with van der Waals surface area (Å²) >= 11 is 0. The lowest BCUT2D eigenvalue weighted by Gasteiger charge is -2.44. The van der Waals surface area contributed by atoms with Gasteiger partial charge in [0.2, 0.25) is 0 Å². The molecule has 2 unspecified atom stereocenters. The first-order chi connectivity index (χ1) is 14.6. The molecule has 2 fully saturated rings. The van der Waals surface area contributed by atoms with E-state index in [2.05, 4.69) is 72.4 Å². The van der Waals surface area contributed by atoms with Crippen LogP contribution in [0.5, 0.6) is 0 Å². The van der Waals surface area contributed by atoms with Gasteiger partial charge >= 0.3 is 0 Å². The lowest BCUT2D eigenvalue weighted by Crippen LogP contribution is -2.33. The molecule has 2 aliphatic carbocycles. The van der Waals surface area contributed by atoms with Crippen molar-refractivity contribution in [1.82, 2.24) is 0 Å². The van der Waals surface area contributed by atoms with Crippen molar-refractivity contribution in [3.8, 4) is 0 Å². The summed E-state index contributed by atoms with van der Waals surface area (Å²) in [6.07, 6.45) is 16.7. The Balaban J connectivity index is 0.000000240. The summed E-state index contributed by atoms with van der Waals surface area (Å²) in [5.41, 5.74) is 5.59. The van der Waals surface area contributed by atoms with Crippen molar-refractivity contribution in [2.45, 2.75) is 65.7 Å². The molecule has 168 valence electrons. The highest BCUT2D eigenvalue weighted by atomic mass is 14.4. The predicted molar refractivity (Wildman–Crippen MR) is 143 cm³/mol. The molecule has 2 atom stereocenters. The van der Waals surface area contributed by atoms with Gasteiger partial charge in [0.05, 0.1) is 0 Å². The van der Waals surface area contributed by atoms with Gasteiger partial charge in [0.15, 0.2) is 0 Å². The molecule has 0 bridgehead atoms. The molecule has 0 saturated heterocycles. The van der Waals surface area contributed by atoms with Gasteiger partial charge in [-0.15, -0.1) is 13.2 Å². The van der Waals surface area contributed by atoms with E-state index in [4.69, 9.17) is 0 Å². The zero-order chi connectivity index (χ0) is 23.5. The third-order valence-electron chi connectivity index (χ3n) is 6.34. The monoisotopic (exact) mass is 416 g/mol. The molecule has 0 radical (unpaired) electrons. The van der Waals surface area contributed by atoms with Crippen molar-refractivity contribution in [3.63, 3.8) is 0 Å². The molecule has 31 heavy (non-hydrogen) atoms. The molecule has 0 aromatic heterocycles. The van der Waals surface area contributed by atoms with Gasteiger partial charge in [-0.2, -0.15) is 0 Å². The second-order valence-corrected chi connectivity index (χ2v) is 10.1. The summed E-state index contributed by atoms with van der Waals surface area (Å²) in [5, 5.41) is 0. The van der Waals surface area contributed by atoms with E-state index in [1.165, 1.54) is 56.1 Å². The van der Waals surface area contributed by atoms with Gasteiger partial charge in [-0.3, -0.25) is 0 Å². The van der Waals surface area contributed by atoms with E-state index in [0.29, 0.717) is 16.7 Å². The molecule has 1 aromatic rings. The van der Waals surface area contributed by atoms with Crippen LogP contribution in [0.2, 0.25) is 0 Å². The molecule has 0 nitrogen and oxygen atoms in total. The topological polar surface area (TPSA) is 0 Å². The molecule has 0 spiro atoms. The van der Waals surface area contributed by atoms with E-state index < -0.39 is 0 Å². The smallest absolute Gasteiger partial charge is 0.0139 e. The van der Waals surface area contributed by atoms with E-state index in [1.807, 2.05) is 36.4 Å². The van der Waals surface area contributed by atoms with E-state index in [0.717, 1.165) is 11.1 Å².